The van der Waals surface area contributed by atoms with E-state index in [1.165, 1.54) is 6.42 Å². The molecule has 1 aliphatic carbocycles. The molecule has 0 bridgehead atoms. The number of methoxy groups -OCH3 is 1. The van der Waals surface area contributed by atoms with Crippen LogP contribution < -0.4 is 5.32 Å². The second kappa shape index (κ2) is 3.35. The molecule has 0 aromatic heterocycles. The van der Waals surface area contributed by atoms with Crippen LogP contribution in [0.15, 0.2) is 0 Å². The van der Waals surface area contributed by atoms with Gasteiger partial charge in [0.1, 0.15) is 0 Å². The van der Waals surface area contributed by atoms with Gasteiger partial charge in [0, 0.05) is 19.7 Å². The first-order valence-corrected chi connectivity index (χ1v) is 4.00. The normalized spacial score (nSPS) is 33.9. The third-order valence-corrected chi connectivity index (χ3v) is 2.18. The predicted octanol–water partition coefficient (Wildman–Crippen LogP) is 1.02. The van der Waals surface area contributed by atoms with Crippen molar-refractivity contribution in [2.75, 3.05) is 13.7 Å². The van der Waals surface area contributed by atoms with Crippen LogP contribution in [0.3, 0.4) is 0 Å². The summed E-state index contributed by atoms with van der Waals surface area (Å²) in [5.74, 6) is 0.893. The van der Waals surface area contributed by atoms with Crippen molar-refractivity contribution in [3.63, 3.8) is 0 Å². The van der Waals surface area contributed by atoms with Gasteiger partial charge in [-0.15, -0.1) is 0 Å². The predicted molar refractivity (Wildman–Crippen MR) is 42.0 cm³/mol. The molecule has 0 amide bonds. The van der Waals surface area contributed by atoms with Gasteiger partial charge in [-0.2, -0.15) is 0 Å². The molecule has 1 saturated carbocycles. The average molecular weight is 143 g/mol. The molecule has 3 unspecified atom stereocenters. The Bertz CT molecular complexity index is 101. The van der Waals surface area contributed by atoms with Crippen molar-refractivity contribution < 1.29 is 4.74 Å². The number of nitrogens with one attached hydrogen (secondary N) is 1. The quantitative estimate of drug-likeness (QED) is 0.634. The van der Waals surface area contributed by atoms with E-state index in [2.05, 4.69) is 19.2 Å². The van der Waals surface area contributed by atoms with Crippen molar-refractivity contribution in [1.29, 1.82) is 0 Å². The Labute approximate surface area is 63.0 Å². The Morgan fingerprint density at radius 1 is 1.70 bits per heavy atom. The summed E-state index contributed by atoms with van der Waals surface area (Å²) in [6, 6.07) is 0.776. The molecule has 1 aliphatic rings. The van der Waals surface area contributed by atoms with Crippen LogP contribution >= 0.6 is 0 Å². The second-order valence-electron chi connectivity index (χ2n) is 3.27. The number of hydrogen-bond acceptors (Lipinski definition) is 2. The van der Waals surface area contributed by atoms with Crippen LogP contribution in [-0.2, 0) is 4.74 Å². The Morgan fingerprint density at radius 3 is 2.70 bits per heavy atom. The minimum Gasteiger partial charge on any atom is -0.380 e. The zero-order valence-corrected chi connectivity index (χ0v) is 7.05. The van der Waals surface area contributed by atoms with Crippen molar-refractivity contribution in [2.24, 2.45) is 5.92 Å². The highest BCUT2D eigenvalue weighted by molar-refractivity contribution is 4.89. The standard InChI is InChI=1S/C8H17NO/c1-6-4-8(6)9-5-7(2)10-3/h6-9H,4-5H2,1-3H3. The van der Waals surface area contributed by atoms with Crippen LogP contribution in [-0.4, -0.2) is 25.8 Å². The lowest BCUT2D eigenvalue weighted by Gasteiger charge is -2.09. The van der Waals surface area contributed by atoms with E-state index in [4.69, 9.17) is 4.74 Å². The third-order valence-electron chi connectivity index (χ3n) is 2.18. The van der Waals surface area contributed by atoms with Gasteiger partial charge in [-0.25, -0.2) is 0 Å². The van der Waals surface area contributed by atoms with E-state index in [0.29, 0.717) is 6.10 Å². The average Bonchev–Trinajstić information content (AvgIpc) is 2.61. The van der Waals surface area contributed by atoms with Gasteiger partial charge in [0.05, 0.1) is 6.10 Å². The van der Waals surface area contributed by atoms with Crippen LogP contribution in [0.2, 0.25) is 0 Å². The lowest BCUT2D eigenvalue weighted by Crippen LogP contribution is -2.28. The van der Waals surface area contributed by atoms with Crippen molar-refractivity contribution in [2.45, 2.75) is 32.4 Å². The van der Waals surface area contributed by atoms with E-state index in [1.54, 1.807) is 7.11 Å². The van der Waals surface area contributed by atoms with E-state index in [-0.39, 0.29) is 0 Å². The SMILES string of the molecule is COC(C)CNC1CC1C. The van der Waals surface area contributed by atoms with Gasteiger partial charge < -0.3 is 10.1 Å². The number of hydrogen-bond donors (Lipinski definition) is 1. The van der Waals surface area contributed by atoms with Crippen LogP contribution in [0, 0.1) is 5.92 Å². The lowest BCUT2D eigenvalue weighted by atomic mass is 10.4. The van der Waals surface area contributed by atoms with Crippen LogP contribution in [0.1, 0.15) is 20.3 Å². The molecule has 0 radical (unpaired) electrons. The zero-order chi connectivity index (χ0) is 7.56. The van der Waals surface area contributed by atoms with Crippen LogP contribution in [0.25, 0.3) is 0 Å². The van der Waals surface area contributed by atoms with E-state index in [1.807, 2.05) is 0 Å². The van der Waals surface area contributed by atoms with E-state index >= 15 is 0 Å². The maximum absolute atomic E-state index is 5.10. The van der Waals surface area contributed by atoms with Gasteiger partial charge in [-0.1, -0.05) is 6.92 Å². The Morgan fingerprint density at radius 2 is 2.30 bits per heavy atom. The van der Waals surface area contributed by atoms with Crippen LogP contribution in [0.4, 0.5) is 0 Å². The first-order valence-electron chi connectivity index (χ1n) is 4.00. The van der Waals surface area contributed by atoms with Gasteiger partial charge >= 0.3 is 0 Å². The molecule has 1 N–H and O–H groups in total. The molecule has 1 rings (SSSR count). The highest BCUT2D eigenvalue weighted by Gasteiger charge is 2.31. The van der Waals surface area contributed by atoms with E-state index in [9.17, 15) is 0 Å². The van der Waals surface area contributed by atoms with Crippen molar-refractivity contribution in [1.82, 2.24) is 5.32 Å². The maximum Gasteiger partial charge on any atom is 0.0667 e. The smallest absolute Gasteiger partial charge is 0.0667 e. The van der Waals surface area contributed by atoms with Crippen molar-refractivity contribution in [3.8, 4) is 0 Å². The molecule has 0 aromatic carbocycles. The summed E-state index contributed by atoms with van der Waals surface area (Å²) in [5.41, 5.74) is 0. The topological polar surface area (TPSA) is 21.3 Å². The van der Waals surface area contributed by atoms with E-state index < -0.39 is 0 Å². The monoisotopic (exact) mass is 143 g/mol. The molecular formula is C8H17NO. The van der Waals surface area contributed by atoms with Crippen molar-refractivity contribution in [3.05, 3.63) is 0 Å². The Balaban J connectivity index is 1.95. The lowest BCUT2D eigenvalue weighted by molar-refractivity contribution is 0.116. The highest BCUT2D eigenvalue weighted by Crippen LogP contribution is 2.28. The molecule has 3 atom stereocenters. The van der Waals surface area contributed by atoms with E-state index in [0.717, 1.165) is 18.5 Å². The van der Waals surface area contributed by atoms with Crippen LogP contribution in [0.5, 0.6) is 0 Å². The molecule has 10 heavy (non-hydrogen) atoms. The first kappa shape index (κ1) is 8.02. The summed E-state index contributed by atoms with van der Waals surface area (Å²) in [6.45, 7) is 5.35. The number of ether oxygens (including phenoxy) is 1. The molecule has 0 aromatic rings. The minimum absolute atomic E-state index is 0.354. The van der Waals surface area contributed by atoms with Gasteiger partial charge in [0.25, 0.3) is 0 Å². The summed E-state index contributed by atoms with van der Waals surface area (Å²) < 4.78 is 5.10. The second-order valence-corrected chi connectivity index (χ2v) is 3.27. The fourth-order valence-corrected chi connectivity index (χ4v) is 1.01. The Kier molecular flexibility index (Phi) is 2.69. The molecular weight excluding hydrogens is 126 g/mol. The van der Waals surface area contributed by atoms with Gasteiger partial charge in [0.15, 0.2) is 0 Å². The maximum atomic E-state index is 5.10. The molecule has 0 saturated heterocycles. The molecule has 60 valence electrons. The van der Waals surface area contributed by atoms with Gasteiger partial charge in [-0.05, 0) is 19.3 Å². The highest BCUT2D eigenvalue weighted by atomic mass is 16.5. The number of rotatable bonds is 4. The summed E-state index contributed by atoms with van der Waals surface area (Å²) in [6.07, 6.45) is 1.70. The molecule has 2 nitrogen and oxygen atoms in total. The summed E-state index contributed by atoms with van der Waals surface area (Å²) in [7, 11) is 1.75. The van der Waals surface area contributed by atoms with Crippen molar-refractivity contribution >= 4 is 0 Å². The molecule has 1 fully saturated rings. The first-order chi connectivity index (χ1) is 4.74. The Hall–Kier alpha value is -0.0800. The molecule has 0 aliphatic heterocycles. The molecule has 0 spiro atoms. The summed E-state index contributed by atoms with van der Waals surface area (Å²) in [4.78, 5) is 0. The fraction of sp³-hybridized carbons (Fsp3) is 1.00. The molecule has 0 heterocycles. The summed E-state index contributed by atoms with van der Waals surface area (Å²) in [5, 5.41) is 3.43. The largest absolute Gasteiger partial charge is 0.380 e. The third kappa shape index (κ3) is 2.27. The fourth-order valence-electron chi connectivity index (χ4n) is 1.01. The zero-order valence-electron chi connectivity index (χ0n) is 7.05. The summed E-state index contributed by atoms with van der Waals surface area (Å²) >= 11 is 0. The minimum atomic E-state index is 0.354. The van der Waals surface area contributed by atoms with Gasteiger partial charge in [-0.3, -0.25) is 0 Å². The molecule has 2 heteroatoms. The van der Waals surface area contributed by atoms with Gasteiger partial charge in [0.2, 0.25) is 0 Å².